The van der Waals surface area contributed by atoms with Gasteiger partial charge in [-0.05, 0) is 29.9 Å². The number of nitrogens with two attached hydrogens (primary N) is 3. The molecule has 0 aliphatic rings. The van der Waals surface area contributed by atoms with Crippen LogP contribution in [0.15, 0.2) is 12.1 Å². The van der Waals surface area contributed by atoms with E-state index < -0.39 is 22.8 Å². The number of carbonyl (C=O) groups excluding carboxylic acids is 3. The maximum Gasteiger partial charge on any atom is 0.174 e. The van der Waals surface area contributed by atoms with Gasteiger partial charge in [0.15, 0.2) is 22.8 Å². The lowest BCUT2D eigenvalue weighted by Crippen LogP contribution is -2.52. The molecule has 1 aromatic carbocycles. The number of rotatable bonds is 10. The van der Waals surface area contributed by atoms with Crippen LogP contribution in [0.5, 0.6) is 0 Å². The van der Waals surface area contributed by atoms with Crippen molar-refractivity contribution in [3.8, 4) is 0 Å². The summed E-state index contributed by atoms with van der Waals surface area (Å²) in [6.45, 7) is 11.2. The number of Topliss-reactive ketones (excluding diaryl/α,β-unsaturated/α-hetero) is 3. The van der Waals surface area contributed by atoms with Crippen LogP contribution in [-0.2, 0) is 19.8 Å². The van der Waals surface area contributed by atoms with Gasteiger partial charge in [0.05, 0.1) is 0 Å². The van der Waals surface area contributed by atoms with Gasteiger partial charge in [0.1, 0.15) is 0 Å². The average molecular weight is 390 g/mol. The minimum Gasteiger partial charge on any atom is -0.399 e. The molecule has 0 atom stereocenters. The highest BCUT2D eigenvalue weighted by Gasteiger charge is 2.54. The Balaban J connectivity index is 3.91. The Kier molecular flexibility index (Phi) is 7.79. The van der Waals surface area contributed by atoms with Crippen LogP contribution in [0.2, 0.25) is 0 Å². The largest absolute Gasteiger partial charge is 0.399 e. The minimum absolute atomic E-state index is 0.0261. The van der Waals surface area contributed by atoms with E-state index in [4.69, 9.17) is 17.2 Å². The maximum absolute atomic E-state index is 13.5. The molecule has 0 aliphatic heterocycles. The van der Waals surface area contributed by atoms with E-state index in [0.717, 1.165) is 0 Å². The van der Waals surface area contributed by atoms with Gasteiger partial charge in [-0.3, -0.25) is 14.4 Å². The molecule has 1 aromatic rings. The molecule has 6 heteroatoms. The number of hydrogen-bond acceptors (Lipinski definition) is 6. The maximum atomic E-state index is 13.5. The van der Waals surface area contributed by atoms with Crippen LogP contribution < -0.4 is 17.2 Å². The molecule has 0 aromatic heterocycles. The van der Waals surface area contributed by atoms with Gasteiger partial charge in [-0.15, -0.1) is 0 Å². The Morgan fingerprint density at radius 1 is 0.714 bits per heavy atom. The van der Waals surface area contributed by atoms with Gasteiger partial charge in [-0.2, -0.15) is 0 Å². The molecule has 0 fully saturated rings. The summed E-state index contributed by atoms with van der Waals surface area (Å²) in [7, 11) is 0. The van der Waals surface area contributed by atoms with Crippen LogP contribution in [0.25, 0.3) is 0 Å². The van der Waals surface area contributed by atoms with E-state index in [1.807, 2.05) is 41.5 Å². The van der Waals surface area contributed by atoms with E-state index in [0.29, 0.717) is 5.69 Å². The smallest absolute Gasteiger partial charge is 0.174 e. The number of anilines is 3. The van der Waals surface area contributed by atoms with Crippen molar-refractivity contribution in [2.24, 2.45) is 17.8 Å². The standard InChI is InChI=1S/C22H35N3O3/c1-12(2)7-18(26)22(19(27)8-13(3)4,20(28)9-14(5)6)21-16(24)10-15(23)11-17(21)25/h10-14H,7-9,23-25H2,1-6H3. The molecule has 0 heterocycles. The highest BCUT2D eigenvalue weighted by molar-refractivity contribution is 6.31. The second kappa shape index (κ2) is 9.22. The van der Waals surface area contributed by atoms with E-state index >= 15 is 0 Å². The van der Waals surface area contributed by atoms with Crippen molar-refractivity contribution in [1.29, 1.82) is 0 Å². The summed E-state index contributed by atoms with van der Waals surface area (Å²) in [6, 6.07) is 2.91. The number of carbonyl (C=O) groups is 3. The predicted octanol–water partition coefficient (Wildman–Crippen LogP) is 3.52. The second-order valence-electron chi connectivity index (χ2n) is 8.89. The fourth-order valence-corrected chi connectivity index (χ4v) is 3.60. The summed E-state index contributed by atoms with van der Waals surface area (Å²) in [5.74, 6) is -1.41. The zero-order valence-electron chi connectivity index (χ0n) is 18.0. The second-order valence-corrected chi connectivity index (χ2v) is 8.89. The Bertz CT molecular complexity index is 673. The quantitative estimate of drug-likeness (QED) is 0.415. The summed E-state index contributed by atoms with van der Waals surface area (Å²) in [6.07, 6.45) is 0.241. The van der Waals surface area contributed by atoms with Crippen molar-refractivity contribution in [2.75, 3.05) is 17.2 Å². The Morgan fingerprint density at radius 3 is 1.25 bits per heavy atom. The van der Waals surface area contributed by atoms with E-state index in [9.17, 15) is 14.4 Å². The van der Waals surface area contributed by atoms with Gasteiger partial charge in [0, 0.05) is 41.9 Å². The highest BCUT2D eigenvalue weighted by Crippen LogP contribution is 2.41. The van der Waals surface area contributed by atoms with Crippen LogP contribution in [-0.4, -0.2) is 17.3 Å². The van der Waals surface area contributed by atoms with E-state index in [-0.39, 0.29) is 54.0 Å². The Hall–Kier alpha value is -2.37. The molecule has 0 saturated carbocycles. The monoisotopic (exact) mass is 389 g/mol. The number of benzene rings is 1. The van der Waals surface area contributed by atoms with E-state index in [1.165, 1.54) is 12.1 Å². The summed E-state index contributed by atoms with van der Waals surface area (Å²) in [4.78, 5) is 40.6. The van der Waals surface area contributed by atoms with Crippen molar-refractivity contribution in [3.63, 3.8) is 0 Å². The first-order valence-corrected chi connectivity index (χ1v) is 9.88. The molecule has 0 unspecified atom stereocenters. The lowest BCUT2D eigenvalue weighted by atomic mass is 9.64. The fraction of sp³-hybridized carbons (Fsp3) is 0.591. The third-order valence-electron chi connectivity index (χ3n) is 4.63. The topological polar surface area (TPSA) is 129 Å². The van der Waals surface area contributed by atoms with Crippen LogP contribution >= 0.6 is 0 Å². The molecule has 6 nitrogen and oxygen atoms in total. The molecule has 1 rings (SSSR count). The molecule has 28 heavy (non-hydrogen) atoms. The van der Waals surface area contributed by atoms with Gasteiger partial charge in [-0.1, -0.05) is 41.5 Å². The van der Waals surface area contributed by atoms with E-state index in [1.54, 1.807) is 0 Å². The van der Waals surface area contributed by atoms with Gasteiger partial charge in [0.25, 0.3) is 0 Å². The normalized spacial score (nSPS) is 12.0. The zero-order chi connectivity index (χ0) is 21.8. The zero-order valence-corrected chi connectivity index (χ0v) is 18.0. The Morgan fingerprint density at radius 2 is 1.00 bits per heavy atom. The van der Waals surface area contributed by atoms with Gasteiger partial charge in [-0.25, -0.2) is 0 Å². The third kappa shape index (κ3) is 4.91. The third-order valence-corrected chi connectivity index (χ3v) is 4.63. The molecule has 156 valence electrons. The van der Waals surface area contributed by atoms with Gasteiger partial charge in [0.2, 0.25) is 0 Å². The van der Waals surface area contributed by atoms with Crippen molar-refractivity contribution in [3.05, 3.63) is 17.7 Å². The van der Waals surface area contributed by atoms with Crippen molar-refractivity contribution in [2.45, 2.75) is 66.2 Å². The fourth-order valence-electron chi connectivity index (χ4n) is 3.60. The molecule has 0 amide bonds. The van der Waals surface area contributed by atoms with Gasteiger partial charge >= 0.3 is 0 Å². The molecular formula is C22H35N3O3. The number of nitrogen functional groups attached to an aromatic ring is 3. The minimum atomic E-state index is -1.99. The molecule has 0 bridgehead atoms. The first-order chi connectivity index (χ1) is 12.8. The summed E-state index contributed by atoms with van der Waals surface area (Å²) in [5.41, 5.74) is 16.9. The van der Waals surface area contributed by atoms with Crippen molar-refractivity contribution >= 4 is 34.4 Å². The van der Waals surface area contributed by atoms with E-state index in [2.05, 4.69) is 0 Å². The molecule has 0 saturated heterocycles. The molecule has 0 aliphatic carbocycles. The SMILES string of the molecule is CC(C)CC(=O)C(C(=O)CC(C)C)(C(=O)CC(C)C)c1c(N)cc(N)cc1N. The predicted molar refractivity (Wildman–Crippen MR) is 115 cm³/mol. The summed E-state index contributed by atoms with van der Waals surface area (Å²) >= 11 is 0. The average Bonchev–Trinajstić information content (AvgIpc) is 2.47. The molecular weight excluding hydrogens is 354 g/mol. The molecule has 6 N–H and O–H groups in total. The molecule has 0 radical (unpaired) electrons. The van der Waals surface area contributed by atoms with Crippen molar-refractivity contribution < 1.29 is 14.4 Å². The lowest BCUT2D eigenvalue weighted by molar-refractivity contribution is -0.144. The van der Waals surface area contributed by atoms with Gasteiger partial charge < -0.3 is 17.2 Å². The first-order valence-electron chi connectivity index (χ1n) is 9.88. The Labute approximate surface area is 168 Å². The lowest BCUT2D eigenvalue weighted by Gasteiger charge is -2.34. The summed E-state index contributed by atoms with van der Waals surface area (Å²) in [5, 5.41) is 0. The van der Waals surface area contributed by atoms with Crippen LogP contribution in [0.3, 0.4) is 0 Å². The first kappa shape index (κ1) is 23.7. The van der Waals surface area contributed by atoms with Crippen LogP contribution in [0.4, 0.5) is 17.1 Å². The molecule has 0 spiro atoms. The van der Waals surface area contributed by atoms with Crippen LogP contribution in [0.1, 0.15) is 66.4 Å². The van der Waals surface area contributed by atoms with Crippen LogP contribution in [0, 0.1) is 17.8 Å². The van der Waals surface area contributed by atoms with Crippen molar-refractivity contribution in [1.82, 2.24) is 0 Å². The number of ketones is 3. The highest BCUT2D eigenvalue weighted by atomic mass is 16.2. The number of hydrogen-bond donors (Lipinski definition) is 3. The summed E-state index contributed by atoms with van der Waals surface area (Å²) < 4.78 is 0.